The molecule has 0 aliphatic carbocycles. The second kappa shape index (κ2) is 8.24. The first-order chi connectivity index (χ1) is 9.95. The van der Waals surface area contributed by atoms with E-state index >= 15 is 0 Å². The number of halogens is 1. The van der Waals surface area contributed by atoms with Crippen molar-refractivity contribution < 1.29 is 19.1 Å². The molecule has 0 aliphatic rings. The van der Waals surface area contributed by atoms with Crippen molar-refractivity contribution in [1.29, 1.82) is 0 Å². The summed E-state index contributed by atoms with van der Waals surface area (Å²) < 4.78 is 13.7. The molecule has 0 saturated heterocycles. The SMILES string of the molecule is CCCCCC(C)NC(=O)Nc1c(F)cccc1C(=O)O. The summed E-state index contributed by atoms with van der Waals surface area (Å²) in [7, 11) is 0. The summed E-state index contributed by atoms with van der Waals surface area (Å²) in [5, 5.41) is 13.9. The summed E-state index contributed by atoms with van der Waals surface area (Å²) in [6.07, 6.45) is 4.00. The second-order valence-corrected chi connectivity index (χ2v) is 4.96. The van der Waals surface area contributed by atoms with Crippen molar-refractivity contribution in [2.24, 2.45) is 0 Å². The van der Waals surface area contributed by atoms with Gasteiger partial charge in [-0.15, -0.1) is 0 Å². The Labute approximate surface area is 123 Å². The minimum absolute atomic E-state index is 0.0587. The predicted molar refractivity (Wildman–Crippen MR) is 79.1 cm³/mol. The van der Waals surface area contributed by atoms with Crippen molar-refractivity contribution in [2.45, 2.75) is 45.6 Å². The van der Waals surface area contributed by atoms with E-state index in [9.17, 15) is 14.0 Å². The molecule has 0 fully saturated rings. The number of aromatic carboxylic acids is 1. The third kappa shape index (κ3) is 5.41. The first-order valence-electron chi connectivity index (χ1n) is 7.05. The molecule has 0 saturated carbocycles. The Morgan fingerprint density at radius 3 is 2.67 bits per heavy atom. The Morgan fingerprint density at radius 1 is 1.33 bits per heavy atom. The third-order valence-electron chi connectivity index (χ3n) is 3.10. The number of benzene rings is 1. The molecule has 1 unspecified atom stereocenters. The largest absolute Gasteiger partial charge is 0.478 e. The summed E-state index contributed by atoms with van der Waals surface area (Å²) in [4.78, 5) is 22.8. The van der Waals surface area contributed by atoms with E-state index in [1.807, 2.05) is 6.92 Å². The molecule has 116 valence electrons. The Morgan fingerprint density at radius 2 is 2.05 bits per heavy atom. The lowest BCUT2D eigenvalue weighted by atomic mass is 10.1. The van der Waals surface area contributed by atoms with E-state index in [1.165, 1.54) is 12.1 Å². The predicted octanol–water partition coefficient (Wildman–Crippen LogP) is 3.61. The number of hydrogen-bond donors (Lipinski definition) is 3. The monoisotopic (exact) mass is 296 g/mol. The van der Waals surface area contributed by atoms with Crippen LogP contribution in [0.1, 0.15) is 49.9 Å². The van der Waals surface area contributed by atoms with Crippen LogP contribution in [0.15, 0.2) is 18.2 Å². The normalized spacial score (nSPS) is 11.8. The van der Waals surface area contributed by atoms with Gasteiger partial charge in [0.15, 0.2) is 0 Å². The average Bonchev–Trinajstić information content (AvgIpc) is 2.41. The fraction of sp³-hybridized carbons (Fsp3) is 0.467. The summed E-state index contributed by atoms with van der Waals surface area (Å²) in [5.41, 5.74) is -0.591. The molecule has 1 aromatic rings. The minimum Gasteiger partial charge on any atom is -0.478 e. The number of carboxylic acid groups (broad SMARTS) is 1. The summed E-state index contributed by atoms with van der Waals surface area (Å²) in [6, 6.07) is 2.97. The second-order valence-electron chi connectivity index (χ2n) is 4.96. The van der Waals surface area contributed by atoms with E-state index in [4.69, 9.17) is 5.11 Å². The van der Waals surface area contributed by atoms with Crippen LogP contribution in [0.3, 0.4) is 0 Å². The van der Waals surface area contributed by atoms with Crippen molar-refractivity contribution in [3.8, 4) is 0 Å². The zero-order chi connectivity index (χ0) is 15.8. The van der Waals surface area contributed by atoms with Crippen molar-refractivity contribution >= 4 is 17.7 Å². The standard InChI is InChI=1S/C15H21FN2O3/c1-3-4-5-7-10(2)17-15(21)18-13-11(14(19)20)8-6-9-12(13)16/h6,8-10H,3-5,7H2,1-2H3,(H,19,20)(H2,17,18,21). The van der Waals surface area contributed by atoms with Gasteiger partial charge in [0.05, 0.1) is 11.3 Å². The minimum atomic E-state index is -1.29. The van der Waals surface area contributed by atoms with Crippen LogP contribution >= 0.6 is 0 Å². The molecule has 0 radical (unpaired) electrons. The molecule has 1 aromatic carbocycles. The number of hydrogen-bond acceptors (Lipinski definition) is 2. The molecule has 0 bridgehead atoms. The molecule has 6 heteroatoms. The van der Waals surface area contributed by atoms with Gasteiger partial charge in [0.1, 0.15) is 5.82 Å². The van der Waals surface area contributed by atoms with Crippen LogP contribution < -0.4 is 10.6 Å². The van der Waals surface area contributed by atoms with Gasteiger partial charge < -0.3 is 15.7 Å². The Balaban J connectivity index is 2.65. The Hall–Kier alpha value is -2.11. The van der Waals surface area contributed by atoms with E-state index < -0.39 is 17.8 Å². The quantitative estimate of drug-likeness (QED) is 0.672. The van der Waals surface area contributed by atoms with E-state index in [-0.39, 0.29) is 17.3 Å². The number of rotatable bonds is 7. The van der Waals surface area contributed by atoms with Crippen LogP contribution in [0.2, 0.25) is 0 Å². The van der Waals surface area contributed by atoms with Gasteiger partial charge in [0.2, 0.25) is 0 Å². The molecule has 1 atom stereocenters. The van der Waals surface area contributed by atoms with Crippen molar-refractivity contribution in [2.75, 3.05) is 5.32 Å². The highest BCUT2D eigenvalue weighted by molar-refractivity contribution is 6.00. The molecule has 2 amide bonds. The zero-order valence-electron chi connectivity index (χ0n) is 12.3. The highest BCUT2D eigenvalue weighted by Crippen LogP contribution is 2.19. The van der Waals surface area contributed by atoms with Gasteiger partial charge >= 0.3 is 12.0 Å². The number of carboxylic acids is 1. The average molecular weight is 296 g/mol. The van der Waals surface area contributed by atoms with Gasteiger partial charge in [-0.25, -0.2) is 14.0 Å². The molecule has 0 spiro atoms. The fourth-order valence-corrected chi connectivity index (χ4v) is 1.98. The lowest BCUT2D eigenvalue weighted by molar-refractivity contribution is 0.0697. The van der Waals surface area contributed by atoms with E-state index in [2.05, 4.69) is 17.6 Å². The van der Waals surface area contributed by atoms with Crippen LogP contribution in [-0.4, -0.2) is 23.1 Å². The molecule has 3 N–H and O–H groups in total. The van der Waals surface area contributed by atoms with Gasteiger partial charge in [0, 0.05) is 6.04 Å². The van der Waals surface area contributed by atoms with Crippen LogP contribution in [-0.2, 0) is 0 Å². The topological polar surface area (TPSA) is 78.4 Å². The molecule has 5 nitrogen and oxygen atoms in total. The molecular formula is C15H21FN2O3. The third-order valence-corrected chi connectivity index (χ3v) is 3.10. The summed E-state index contributed by atoms with van der Waals surface area (Å²) >= 11 is 0. The van der Waals surface area contributed by atoms with Gasteiger partial charge in [-0.2, -0.15) is 0 Å². The zero-order valence-corrected chi connectivity index (χ0v) is 12.3. The maximum Gasteiger partial charge on any atom is 0.337 e. The smallest absolute Gasteiger partial charge is 0.337 e. The first kappa shape index (κ1) is 16.9. The van der Waals surface area contributed by atoms with E-state index in [1.54, 1.807) is 0 Å². The number of para-hydroxylation sites is 1. The lowest BCUT2D eigenvalue weighted by Gasteiger charge is -2.15. The van der Waals surface area contributed by atoms with E-state index in [0.717, 1.165) is 31.7 Å². The Kier molecular flexibility index (Phi) is 6.65. The van der Waals surface area contributed by atoms with Crippen molar-refractivity contribution in [1.82, 2.24) is 5.32 Å². The molecule has 21 heavy (non-hydrogen) atoms. The van der Waals surface area contributed by atoms with Crippen LogP contribution in [0.5, 0.6) is 0 Å². The fourth-order valence-electron chi connectivity index (χ4n) is 1.98. The van der Waals surface area contributed by atoms with Gasteiger partial charge in [-0.3, -0.25) is 0 Å². The summed E-state index contributed by atoms with van der Waals surface area (Å²) in [5.74, 6) is -2.07. The lowest BCUT2D eigenvalue weighted by Crippen LogP contribution is -2.36. The number of nitrogens with one attached hydrogen (secondary N) is 2. The maximum atomic E-state index is 13.7. The van der Waals surface area contributed by atoms with Crippen molar-refractivity contribution in [3.05, 3.63) is 29.6 Å². The van der Waals surface area contributed by atoms with E-state index in [0.29, 0.717) is 0 Å². The summed E-state index contributed by atoms with van der Waals surface area (Å²) in [6.45, 7) is 3.95. The first-order valence-corrected chi connectivity index (χ1v) is 7.05. The van der Waals surface area contributed by atoms with Gasteiger partial charge in [0.25, 0.3) is 0 Å². The number of amides is 2. The number of urea groups is 1. The highest BCUT2D eigenvalue weighted by Gasteiger charge is 2.17. The number of carbonyl (C=O) groups excluding carboxylic acids is 1. The molecule has 1 rings (SSSR count). The highest BCUT2D eigenvalue weighted by atomic mass is 19.1. The van der Waals surface area contributed by atoms with Crippen molar-refractivity contribution in [3.63, 3.8) is 0 Å². The molecule has 0 aromatic heterocycles. The molecular weight excluding hydrogens is 275 g/mol. The maximum absolute atomic E-state index is 13.7. The Bertz CT molecular complexity index is 506. The van der Waals surface area contributed by atoms with Crippen LogP contribution in [0.4, 0.5) is 14.9 Å². The number of carbonyl (C=O) groups is 2. The van der Waals surface area contributed by atoms with Crippen LogP contribution in [0.25, 0.3) is 0 Å². The van der Waals surface area contributed by atoms with Crippen LogP contribution in [0, 0.1) is 5.82 Å². The number of anilines is 1. The molecule has 0 aliphatic heterocycles. The van der Waals surface area contributed by atoms with Gasteiger partial charge in [-0.1, -0.05) is 32.3 Å². The van der Waals surface area contributed by atoms with Gasteiger partial charge in [-0.05, 0) is 25.5 Å². The molecule has 0 heterocycles. The number of unbranched alkanes of at least 4 members (excludes halogenated alkanes) is 2.